The van der Waals surface area contributed by atoms with Crippen LogP contribution in [0.4, 0.5) is 4.39 Å². The molecule has 1 saturated heterocycles. The molecule has 21 heavy (non-hydrogen) atoms. The molecule has 1 atom stereocenters. The van der Waals surface area contributed by atoms with Crippen molar-refractivity contribution in [3.8, 4) is 5.75 Å². The second-order valence-corrected chi connectivity index (χ2v) is 5.34. The maximum absolute atomic E-state index is 13.5. The lowest BCUT2D eigenvalue weighted by molar-refractivity contribution is 0.216. The molecule has 0 amide bonds. The topological polar surface area (TPSA) is 43.2 Å². The van der Waals surface area contributed by atoms with E-state index < -0.39 is 0 Å². The minimum absolute atomic E-state index is 0.224. The van der Waals surface area contributed by atoms with Crippen molar-refractivity contribution in [3.63, 3.8) is 0 Å². The molecule has 5 nitrogen and oxygen atoms in total. The Hall–Kier alpha value is -1.95. The summed E-state index contributed by atoms with van der Waals surface area (Å²) in [6, 6.07) is 5.08. The third-order valence-electron chi connectivity index (χ3n) is 3.98. The minimum atomic E-state index is -0.224. The van der Waals surface area contributed by atoms with Crippen LogP contribution in [0.15, 0.2) is 30.9 Å². The van der Waals surface area contributed by atoms with Gasteiger partial charge in [-0.25, -0.2) is 9.37 Å². The molecule has 0 unspecified atom stereocenters. The molecule has 0 N–H and O–H groups in total. The Morgan fingerprint density at radius 2 is 2.33 bits per heavy atom. The maximum atomic E-state index is 13.5. The minimum Gasteiger partial charge on any atom is -0.496 e. The number of ether oxygens (including phenoxy) is 1. The standard InChI is InChI=1S/C15H19FN4O/c1-21-15-5-4-13(16)7-12(15)8-19-6-2-3-14(19)9-20-11-17-10-18-20/h4-5,7,10-11,14H,2-3,6,8-9H2,1H3/t14-/m0/s1. The lowest BCUT2D eigenvalue weighted by Crippen LogP contribution is -2.32. The van der Waals surface area contributed by atoms with Crippen LogP contribution in [0, 0.1) is 5.82 Å². The molecule has 0 aliphatic carbocycles. The van der Waals surface area contributed by atoms with Crippen molar-refractivity contribution < 1.29 is 9.13 Å². The molecule has 112 valence electrons. The molecule has 0 saturated carbocycles. The fraction of sp³-hybridized carbons (Fsp3) is 0.467. The zero-order chi connectivity index (χ0) is 14.7. The van der Waals surface area contributed by atoms with Gasteiger partial charge in [-0.15, -0.1) is 0 Å². The van der Waals surface area contributed by atoms with E-state index >= 15 is 0 Å². The summed E-state index contributed by atoms with van der Waals surface area (Å²) in [4.78, 5) is 6.34. The Balaban J connectivity index is 1.72. The van der Waals surface area contributed by atoms with Crippen LogP contribution in [-0.2, 0) is 13.1 Å². The van der Waals surface area contributed by atoms with Gasteiger partial charge in [-0.1, -0.05) is 0 Å². The number of halogens is 1. The lowest BCUT2D eigenvalue weighted by atomic mass is 10.1. The quantitative estimate of drug-likeness (QED) is 0.845. The van der Waals surface area contributed by atoms with E-state index in [0.29, 0.717) is 12.6 Å². The van der Waals surface area contributed by atoms with Crippen LogP contribution in [0.25, 0.3) is 0 Å². The summed E-state index contributed by atoms with van der Waals surface area (Å²) in [6.45, 7) is 2.52. The van der Waals surface area contributed by atoms with Gasteiger partial charge in [0, 0.05) is 18.2 Å². The highest BCUT2D eigenvalue weighted by atomic mass is 19.1. The fourth-order valence-corrected chi connectivity index (χ4v) is 2.94. The molecule has 6 heteroatoms. The van der Waals surface area contributed by atoms with Crippen molar-refractivity contribution in [2.75, 3.05) is 13.7 Å². The predicted octanol–water partition coefficient (Wildman–Crippen LogP) is 2.09. The van der Waals surface area contributed by atoms with E-state index in [2.05, 4.69) is 15.0 Å². The molecule has 1 aliphatic heterocycles. The SMILES string of the molecule is COc1ccc(F)cc1CN1CCC[C@H]1Cn1cncn1. The fourth-order valence-electron chi connectivity index (χ4n) is 2.94. The van der Waals surface area contributed by atoms with Gasteiger partial charge in [0.05, 0.1) is 13.7 Å². The van der Waals surface area contributed by atoms with Crippen molar-refractivity contribution in [1.82, 2.24) is 19.7 Å². The molecule has 0 spiro atoms. The molecule has 1 fully saturated rings. The first kappa shape index (κ1) is 14.0. The molecular formula is C15H19FN4O. The largest absolute Gasteiger partial charge is 0.496 e. The summed E-state index contributed by atoms with van der Waals surface area (Å²) < 4.78 is 20.6. The van der Waals surface area contributed by atoms with Gasteiger partial charge in [0.25, 0.3) is 0 Å². The van der Waals surface area contributed by atoms with Gasteiger partial charge in [0.1, 0.15) is 24.2 Å². The van der Waals surface area contributed by atoms with Crippen LogP contribution >= 0.6 is 0 Å². The highest BCUT2D eigenvalue weighted by Crippen LogP contribution is 2.26. The van der Waals surface area contributed by atoms with Crippen molar-refractivity contribution >= 4 is 0 Å². The Morgan fingerprint density at radius 3 is 3.10 bits per heavy atom. The number of hydrogen-bond donors (Lipinski definition) is 0. The number of aromatic nitrogens is 3. The van der Waals surface area contributed by atoms with Crippen LogP contribution in [0.5, 0.6) is 5.75 Å². The summed E-state index contributed by atoms with van der Waals surface area (Å²) >= 11 is 0. The zero-order valence-corrected chi connectivity index (χ0v) is 12.1. The van der Waals surface area contributed by atoms with Crippen LogP contribution in [0.1, 0.15) is 18.4 Å². The van der Waals surface area contributed by atoms with Gasteiger partial charge in [-0.05, 0) is 37.6 Å². The summed E-state index contributed by atoms with van der Waals surface area (Å²) in [6.07, 6.45) is 5.56. The Bertz CT molecular complexity index is 587. The van der Waals surface area contributed by atoms with Gasteiger partial charge >= 0.3 is 0 Å². The predicted molar refractivity (Wildman–Crippen MR) is 76.4 cm³/mol. The smallest absolute Gasteiger partial charge is 0.137 e. The monoisotopic (exact) mass is 290 g/mol. The van der Waals surface area contributed by atoms with Crippen molar-refractivity contribution in [2.45, 2.75) is 32.0 Å². The molecule has 2 aromatic rings. The molecule has 1 aromatic carbocycles. The van der Waals surface area contributed by atoms with Crippen LogP contribution in [-0.4, -0.2) is 39.4 Å². The van der Waals surface area contributed by atoms with Gasteiger partial charge in [-0.2, -0.15) is 5.10 Å². The first-order valence-corrected chi connectivity index (χ1v) is 7.15. The average Bonchev–Trinajstić information content (AvgIpc) is 3.12. The third kappa shape index (κ3) is 3.21. The molecule has 1 aliphatic rings. The number of likely N-dealkylation sites (tertiary alicyclic amines) is 1. The van der Waals surface area contributed by atoms with Crippen molar-refractivity contribution in [3.05, 3.63) is 42.2 Å². The summed E-state index contributed by atoms with van der Waals surface area (Å²) in [5, 5.41) is 4.16. The molecule has 1 aromatic heterocycles. The number of methoxy groups -OCH3 is 1. The number of rotatable bonds is 5. The zero-order valence-electron chi connectivity index (χ0n) is 12.1. The van der Waals surface area contributed by atoms with E-state index in [0.717, 1.165) is 37.2 Å². The average molecular weight is 290 g/mol. The molecular weight excluding hydrogens is 271 g/mol. The number of hydrogen-bond acceptors (Lipinski definition) is 4. The Kier molecular flexibility index (Phi) is 4.15. The van der Waals surface area contributed by atoms with Gasteiger partial charge in [0.2, 0.25) is 0 Å². The second kappa shape index (κ2) is 6.22. The van der Waals surface area contributed by atoms with Crippen LogP contribution in [0.2, 0.25) is 0 Å². The molecule has 0 bridgehead atoms. The second-order valence-electron chi connectivity index (χ2n) is 5.34. The van der Waals surface area contributed by atoms with E-state index in [9.17, 15) is 4.39 Å². The third-order valence-corrected chi connectivity index (χ3v) is 3.98. The first-order chi connectivity index (χ1) is 10.3. The van der Waals surface area contributed by atoms with Crippen LogP contribution in [0.3, 0.4) is 0 Å². The van der Waals surface area contributed by atoms with E-state index in [1.807, 2.05) is 4.68 Å². The molecule has 2 heterocycles. The maximum Gasteiger partial charge on any atom is 0.137 e. The lowest BCUT2D eigenvalue weighted by Gasteiger charge is -2.25. The number of nitrogens with zero attached hydrogens (tertiary/aromatic N) is 4. The highest BCUT2D eigenvalue weighted by molar-refractivity contribution is 5.34. The number of benzene rings is 1. The van der Waals surface area contributed by atoms with E-state index in [1.54, 1.807) is 31.9 Å². The van der Waals surface area contributed by atoms with Gasteiger partial charge in [-0.3, -0.25) is 9.58 Å². The summed E-state index contributed by atoms with van der Waals surface area (Å²) in [7, 11) is 1.62. The van der Waals surface area contributed by atoms with E-state index in [1.165, 1.54) is 6.07 Å². The summed E-state index contributed by atoms with van der Waals surface area (Å²) in [5.41, 5.74) is 0.892. The first-order valence-electron chi connectivity index (χ1n) is 7.15. The van der Waals surface area contributed by atoms with Crippen molar-refractivity contribution in [2.24, 2.45) is 0 Å². The van der Waals surface area contributed by atoms with Gasteiger partial charge < -0.3 is 4.74 Å². The Morgan fingerprint density at radius 1 is 1.43 bits per heavy atom. The van der Waals surface area contributed by atoms with E-state index in [4.69, 9.17) is 4.74 Å². The highest BCUT2D eigenvalue weighted by Gasteiger charge is 2.26. The van der Waals surface area contributed by atoms with E-state index in [-0.39, 0.29) is 5.82 Å². The van der Waals surface area contributed by atoms with Crippen LogP contribution < -0.4 is 4.74 Å². The summed E-state index contributed by atoms with van der Waals surface area (Å²) in [5.74, 6) is 0.514. The molecule has 3 rings (SSSR count). The van der Waals surface area contributed by atoms with Gasteiger partial charge in [0.15, 0.2) is 0 Å². The Labute approximate surface area is 123 Å². The van der Waals surface area contributed by atoms with Crippen molar-refractivity contribution in [1.29, 1.82) is 0 Å². The normalized spacial score (nSPS) is 19.0. The molecule has 0 radical (unpaired) electrons.